The average molecular weight is 240 g/mol. The van der Waals surface area contributed by atoms with Crippen molar-refractivity contribution in [2.24, 2.45) is 0 Å². The van der Waals surface area contributed by atoms with Gasteiger partial charge in [-0.25, -0.2) is 9.18 Å². The molecule has 1 aliphatic heterocycles. The lowest BCUT2D eigenvalue weighted by Gasteiger charge is -2.10. The van der Waals surface area contributed by atoms with Crippen LogP contribution in [0, 0.1) is 0 Å². The first-order chi connectivity index (χ1) is 8.16. The van der Waals surface area contributed by atoms with Crippen LogP contribution < -0.4 is 0 Å². The maximum Gasteiger partial charge on any atom is 0.338 e. The number of halogens is 1. The Hall–Kier alpha value is -1.46. The Morgan fingerprint density at radius 3 is 2.76 bits per heavy atom. The molecule has 1 aliphatic rings. The Morgan fingerprint density at radius 2 is 2.18 bits per heavy atom. The summed E-state index contributed by atoms with van der Waals surface area (Å²) >= 11 is 0. The molecule has 92 valence electrons. The van der Waals surface area contributed by atoms with Crippen molar-refractivity contribution in [3.63, 3.8) is 0 Å². The van der Waals surface area contributed by atoms with Gasteiger partial charge in [0.2, 0.25) is 0 Å². The highest BCUT2D eigenvalue weighted by Gasteiger charge is 2.34. The maximum absolute atomic E-state index is 12.9. The number of alkyl halides is 1. The van der Waals surface area contributed by atoms with Gasteiger partial charge in [-0.1, -0.05) is 18.2 Å². The lowest BCUT2D eigenvalue weighted by Crippen LogP contribution is -2.19. The molecule has 1 fully saturated rings. The van der Waals surface area contributed by atoms with E-state index in [1.165, 1.54) is 0 Å². The summed E-state index contributed by atoms with van der Waals surface area (Å²) in [6.07, 6.45) is -3.35. The molecule has 0 aliphatic carbocycles. The molecule has 4 nitrogen and oxygen atoms in total. The SMILES string of the molecule is O=C(OC[C@H]1C[C@@H](F)[C@H](O)O1)c1ccccc1. The Morgan fingerprint density at radius 1 is 1.47 bits per heavy atom. The molecular formula is C12H13FO4. The summed E-state index contributed by atoms with van der Waals surface area (Å²) in [7, 11) is 0. The van der Waals surface area contributed by atoms with Gasteiger partial charge in [0.05, 0.1) is 11.7 Å². The monoisotopic (exact) mass is 240 g/mol. The van der Waals surface area contributed by atoms with E-state index < -0.39 is 24.5 Å². The predicted octanol–water partition coefficient (Wildman–Crippen LogP) is 1.29. The van der Waals surface area contributed by atoms with E-state index in [0.29, 0.717) is 5.56 Å². The van der Waals surface area contributed by atoms with Crippen LogP contribution >= 0.6 is 0 Å². The standard InChI is InChI=1S/C12H13FO4/c13-10-6-9(17-12(10)15)7-16-11(14)8-4-2-1-3-5-8/h1-5,9-10,12,15H,6-7H2/t9-,10-,12-/m1/s1. The summed E-state index contributed by atoms with van der Waals surface area (Å²) in [5.41, 5.74) is 0.433. The number of aliphatic hydroxyl groups is 1. The number of benzene rings is 1. The van der Waals surface area contributed by atoms with Crippen molar-refractivity contribution in [1.29, 1.82) is 0 Å². The third-order valence-electron chi connectivity index (χ3n) is 2.54. The second kappa shape index (κ2) is 5.25. The van der Waals surface area contributed by atoms with Crippen LogP contribution in [-0.4, -0.2) is 36.2 Å². The summed E-state index contributed by atoms with van der Waals surface area (Å²) in [6, 6.07) is 8.50. The Bertz CT molecular complexity index is 371. The van der Waals surface area contributed by atoms with Gasteiger partial charge in [0, 0.05) is 6.42 Å². The van der Waals surface area contributed by atoms with Crippen LogP contribution in [0.15, 0.2) is 30.3 Å². The first kappa shape index (κ1) is 12.0. The second-order valence-electron chi connectivity index (χ2n) is 3.86. The summed E-state index contributed by atoms with van der Waals surface area (Å²) in [5, 5.41) is 9.01. The molecule has 3 atom stereocenters. The second-order valence-corrected chi connectivity index (χ2v) is 3.86. The molecule has 1 aromatic rings. The highest BCUT2D eigenvalue weighted by molar-refractivity contribution is 5.89. The summed E-state index contributed by atoms with van der Waals surface area (Å²) < 4.78 is 22.7. The van der Waals surface area contributed by atoms with Gasteiger partial charge in [-0.05, 0) is 12.1 Å². The molecule has 0 radical (unpaired) electrons. The van der Waals surface area contributed by atoms with Crippen molar-refractivity contribution in [2.75, 3.05) is 6.61 Å². The van der Waals surface area contributed by atoms with Crippen LogP contribution in [0.3, 0.4) is 0 Å². The topological polar surface area (TPSA) is 55.8 Å². The van der Waals surface area contributed by atoms with E-state index in [4.69, 9.17) is 14.6 Å². The summed E-state index contributed by atoms with van der Waals surface area (Å²) in [5.74, 6) is -0.481. The van der Waals surface area contributed by atoms with Crippen LogP contribution in [0.5, 0.6) is 0 Å². The minimum absolute atomic E-state index is 0.0449. The number of rotatable bonds is 3. The molecule has 5 heteroatoms. The molecular weight excluding hydrogens is 227 g/mol. The molecule has 0 bridgehead atoms. The third kappa shape index (κ3) is 3.01. The maximum atomic E-state index is 12.9. The third-order valence-corrected chi connectivity index (χ3v) is 2.54. The fourth-order valence-corrected chi connectivity index (χ4v) is 1.64. The Balaban J connectivity index is 1.81. The predicted molar refractivity (Wildman–Crippen MR) is 57.1 cm³/mol. The highest BCUT2D eigenvalue weighted by atomic mass is 19.1. The van der Waals surface area contributed by atoms with E-state index in [2.05, 4.69) is 0 Å². The van der Waals surface area contributed by atoms with Crippen molar-refractivity contribution in [3.05, 3.63) is 35.9 Å². The van der Waals surface area contributed by atoms with E-state index in [1.54, 1.807) is 30.3 Å². The van der Waals surface area contributed by atoms with Crippen LogP contribution in [0.1, 0.15) is 16.8 Å². The van der Waals surface area contributed by atoms with Crippen molar-refractivity contribution >= 4 is 5.97 Å². The van der Waals surface area contributed by atoms with Crippen LogP contribution in [0.2, 0.25) is 0 Å². The number of esters is 1. The zero-order valence-corrected chi connectivity index (χ0v) is 9.08. The van der Waals surface area contributed by atoms with Gasteiger partial charge in [-0.2, -0.15) is 0 Å². The van der Waals surface area contributed by atoms with Crippen LogP contribution in [-0.2, 0) is 9.47 Å². The minimum atomic E-state index is -1.41. The van der Waals surface area contributed by atoms with E-state index in [9.17, 15) is 9.18 Å². The highest BCUT2D eigenvalue weighted by Crippen LogP contribution is 2.21. The number of carbonyl (C=O) groups is 1. The summed E-state index contributed by atoms with van der Waals surface area (Å²) in [4.78, 5) is 11.5. The fraction of sp³-hybridized carbons (Fsp3) is 0.417. The quantitative estimate of drug-likeness (QED) is 0.809. The van der Waals surface area contributed by atoms with Crippen LogP contribution in [0.25, 0.3) is 0 Å². The largest absolute Gasteiger partial charge is 0.459 e. The fourth-order valence-electron chi connectivity index (χ4n) is 1.64. The minimum Gasteiger partial charge on any atom is -0.459 e. The van der Waals surface area contributed by atoms with Crippen LogP contribution in [0.4, 0.5) is 4.39 Å². The molecule has 0 amide bonds. The zero-order chi connectivity index (χ0) is 12.3. The molecule has 1 aromatic carbocycles. The van der Waals surface area contributed by atoms with Gasteiger partial charge >= 0.3 is 5.97 Å². The van der Waals surface area contributed by atoms with E-state index in [1.807, 2.05) is 0 Å². The molecule has 17 heavy (non-hydrogen) atoms. The van der Waals surface area contributed by atoms with Crippen molar-refractivity contribution in [1.82, 2.24) is 0 Å². The summed E-state index contributed by atoms with van der Waals surface area (Å²) in [6.45, 7) is -0.0504. The van der Waals surface area contributed by atoms with Gasteiger partial charge in [0.15, 0.2) is 12.5 Å². The smallest absolute Gasteiger partial charge is 0.338 e. The van der Waals surface area contributed by atoms with Gasteiger partial charge < -0.3 is 14.6 Å². The molecule has 0 spiro atoms. The van der Waals surface area contributed by atoms with E-state index in [0.717, 1.165) is 0 Å². The Labute approximate surface area is 98.0 Å². The van der Waals surface area contributed by atoms with E-state index in [-0.39, 0.29) is 13.0 Å². The van der Waals surface area contributed by atoms with Gasteiger partial charge in [-0.3, -0.25) is 0 Å². The van der Waals surface area contributed by atoms with Crippen molar-refractivity contribution < 1.29 is 23.8 Å². The average Bonchev–Trinajstić information content (AvgIpc) is 2.67. The number of aliphatic hydroxyl groups excluding tert-OH is 1. The Kier molecular flexibility index (Phi) is 3.71. The van der Waals surface area contributed by atoms with Gasteiger partial charge in [-0.15, -0.1) is 0 Å². The van der Waals surface area contributed by atoms with E-state index >= 15 is 0 Å². The normalized spacial score (nSPS) is 28.0. The van der Waals surface area contributed by atoms with Gasteiger partial charge in [0.1, 0.15) is 6.61 Å². The number of hydrogen-bond acceptors (Lipinski definition) is 4. The number of hydrogen-bond donors (Lipinski definition) is 1. The molecule has 1 saturated heterocycles. The number of ether oxygens (including phenoxy) is 2. The zero-order valence-electron chi connectivity index (χ0n) is 9.08. The van der Waals surface area contributed by atoms with Crippen molar-refractivity contribution in [2.45, 2.75) is 25.0 Å². The lowest BCUT2D eigenvalue weighted by atomic mass is 10.2. The number of carbonyl (C=O) groups excluding carboxylic acids is 1. The molecule has 1 heterocycles. The molecule has 0 unspecified atom stereocenters. The lowest BCUT2D eigenvalue weighted by molar-refractivity contribution is -0.121. The first-order valence-electron chi connectivity index (χ1n) is 5.36. The molecule has 0 saturated carbocycles. The van der Waals surface area contributed by atoms with Crippen molar-refractivity contribution in [3.8, 4) is 0 Å². The first-order valence-corrected chi connectivity index (χ1v) is 5.36. The molecule has 2 rings (SSSR count). The molecule has 1 N–H and O–H groups in total. The molecule has 0 aromatic heterocycles. The van der Waals surface area contributed by atoms with Gasteiger partial charge in [0.25, 0.3) is 0 Å².